The van der Waals surface area contributed by atoms with Crippen LogP contribution in [-0.2, 0) is 5.54 Å². The second kappa shape index (κ2) is 6.17. The first-order valence-electron chi connectivity index (χ1n) is 7.31. The molecule has 0 aliphatic rings. The molecule has 0 saturated heterocycles. The maximum Gasteiger partial charge on any atom is 0.202 e. The molecule has 4 heteroatoms. The van der Waals surface area contributed by atoms with Gasteiger partial charge in [-0.1, -0.05) is 23.7 Å². The zero-order valence-electron chi connectivity index (χ0n) is 13.7. The van der Waals surface area contributed by atoms with Gasteiger partial charge in [-0.15, -0.1) is 0 Å². The van der Waals surface area contributed by atoms with E-state index in [1.807, 2.05) is 32.0 Å². The summed E-state index contributed by atoms with van der Waals surface area (Å²) in [5.41, 5.74) is 2.69. The van der Waals surface area contributed by atoms with Gasteiger partial charge >= 0.3 is 0 Å². The largest absolute Gasteiger partial charge is 0.484 e. The van der Waals surface area contributed by atoms with E-state index in [1.165, 1.54) is 0 Å². The Morgan fingerprint density at radius 3 is 2.41 bits per heavy atom. The Bertz CT molecular complexity index is 696. The number of ether oxygens (including phenoxy) is 1. The predicted octanol–water partition coefficient (Wildman–Crippen LogP) is 4.78. The molecule has 1 heterocycles. The molecule has 1 aromatic carbocycles. The number of ketones is 1. The van der Waals surface area contributed by atoms with Gasteiger partial charge in [-0.3, -0.25) is 4.79 Å². The summed E-state index contributed by atoms with van der Waals surface area (Å²) in [7, 11) is 0. The minimum Gasteiger partial charge on any atom is -0.484 e. The molecule has 22 heavy (non-hydrogen) atoms. The van der Waals surface area contributed by atoms with Gasteiger partial charge in [0, 0.05) is 22.5 Å². The number of Topliss-reactive ketones (excluding diaryl/α,β-unsaturated/α-hetero) is 1. The maximum absolute atomic E-state index is 12.5. The van der Waals surface area contributed by atoms with Crippen LogP contribution in [0.4, 0.5) is 0 Å². The Kier molecular flexibility index (Phi) is 4.66. The lowest BCUT2D eigenvalue weighted by Crippen LogP contribution is -2.24. The molecule has 3 nitrogen and oxygen atoms in total. The SMILES string of the molecule is Cc1cc(C(=O)COc2ccccc2Cl)c(C)n1C(C)(C)C. The smallest absolute Gasteiger partial charge is 0.202 e. The Hall–Kier alpha value is -1.74. The number of hydrogen-bond donors (Lipinski definition) is 0. The van der Waals surface area contributed by atoms with Crippen molar-refractivity contribution in [2.45, 2.75) is 40.2 Å². The third-order valence-corrected chi connectivity index (χ3v) is 3.91. The minimum absolute atomic E-state index is 0.0157. The topological polar surface area (TPSA) is 31.2 Å². The second-order valence-corrected chi connectivity index (χ2v) is 6.84. The van der Waals surface area contributed by atoms with Gasteiger partial charge in [0.05, 0.1) is 5.02 Å². The van der Waals surface area contributed by atoms with Crippen molar-refractivity contribution in [2.75, 3.05) is 6.61 Å². The lowest BCUT2D eigenvalue weighted by Gasteiger charge is -2.25. The molecular formula is C18H22ClNO2. The van der Waals surface area contributed by atoms with E-state index in [0.717, 1.165) is 11.4 Å². The van der Waals surface area contributed by atoms with E-state index in [4.69, 9.17) is 16.3 Å². The van der Waals surface area contributed by atoms with Crippen LogP contribution in [0.5, 0.6) is 5.75 Å². The fourth-order valence-electron chi connectivity index (χ4n) is 2.86. The number of halogens is 1. The molecule has 1 aromatic heterocycles. The normalized spacial score (nSPS) is 11.5. The summed E-state index contributed by atoms with van der Waals surface area (Å²) >= 11 is 6.03. The molecule has 0 radical (unpaired) electrons. The van der Waals surface area contributed by atoms with Gasteiger partial charge in [0.25, 0.3) is 0 Å². The van der Waals surface area contributed by atoms with Gasteiger partial charge in [-0.05, 0) is 52.8 Å². The molecule has 2 rings (SSSR count). The Morgan fingerprint density at radius 2 is 1.86 bits per heavy atom. The lowest BCUT2D eigenvalue weighted by molar-refractivity contribution is 0.0920. The molecule has 0 spiro atoms. The van der Waals surface area contributed by atoms with E-state index in [2.05, 4.69) is 25.3 Å². The van der Waals surface area contributed by atoms with Gasteiger partial charge in [0.1, 0.15) is 5.75 Å². The number of aromatic nitrogens is 1. The molecule has 0 N–H and O–H groups in total. The molecule has 0 saturated carbocycles. The summed E-state index contributed by atoms with van der Waals surface area (Å²) in [5, 5.41) is 0.510. The summed E-state index contributed by atoms with van der Waals surface area (Å²) < 4.78 is 7.73. The molecule has 0 unspecified atom stereocenters. The van der Waals surface area contributed by atoms with Crippen LogP contribution in [0.3, 0.4) is 0 Å². The van der Waals surface area contributed by atoms with E-state index in [1.54, 1.807) is 12.1 Å². The highest BCUT2D eigenvalue weighted by molar-refractivity contribution is 6.32. The molecule has 0 aliphatic heterocycles. The highest BCUT2D eigenvalue weighted by Gasteiger charge is 2.22. The Balaban J connectivity index is 2.19. The zero-order valence-corrected chi connectivity index (χ0v) is 14.5. The Labute approximate surface area is 136 Å². The molecule has 0 amide bonds. The number of aryl methyl sites for hydroxylation is 1. The van der Waals surface area contributed by atoms with Crippen molar-refractivity contribution >= 4 is 17.4 Å². The number of rotatable bonds is 4. The van der Waals surface area contributed by atoms with Gasteiger partial charge in [-0.25, -0.2) is 0 Å². The summed E-state index contributed by atoms with van der Waals surface area (Å²) in [4.78, 5) is 12.5. The quantitative estimate of drug-likeness (QED) is 0.760. The van der Waals surface area contributed by atoms with Crippen LogP contribution >= 0.6 is 11.6 Å². The highest BCUT2D eigenvalue weighted by Crippen LogP contribution is 2.26. The third-order valence-electron chi connectivity index (χ3n) is 3.60. The monoisotopic (exact) mass is 319 g/mol. The molecule has 2 aromatic rings. The van der Waals surface area contributed by atoms with Crippen molar-refractivity contribution in [1.82, 2.24) is 4.57 Å². The first-order chi connectivity index (χ1) is 10.2. The minimum atomic E-state index is -0.0592. The van der Waals surface area contributed by atoms with Gasteiger partial charge in [0.2, 0.25) is 5.78 Å². The average Bonchev–Trinajstić information content (AvgIpc) is 2.72. The van der Waals surface area contributed by atoms with Crippen LogP contribution in [0.15, 0.2) is 30.3 Å². The number of carbonyl (C=O) groups excluding carboxylic acids is 1. The number of carbonyl (C=O) groups is 1. The first kappa shape index (κ1) is 16.6. The van der Waals surface area contributed by atoms with E-state index < -0.39 is 0 Å². The molecule has 0 atom stereocenters. The fourth-order valence-corrected chi connectivity index (χ4v) is 3.05. The summed E-state index contributed by atoms with van der Waals surface area (Å²) in [5.74, 6) is 0.491. The van der Waals surface area contributed by atoms with Gasteiger partial charge in [0.15, 0.2) is 6.61 Å². The van der Waals surface area contributed by atoms with Crippen molar-refractivity contribution in [3.8, 4) is 5.75 Å². The van der Waals surface area contributed by atoms with Crippen LogP contribution in [0.1, 0.15) is 42.5 Å². The van der Waals surface area contributed by atoms with Crippen LogP contribution in [-0.4, -0.2) is 17.0 Å². The van der Waals surface area contributed by atoms with Crippen LogP contribution in [0.25, 0.3) is 0 Å². The number of hydrogen-bond acceptors (Lipinski definition) is 2. The van der Waals surface area contributed by atoms with E-state index in [9.17, 15) is 4.79 Å². The standard InChI is InChI=1S/C18H22ClNO2/c1-12-10-14(13(2)20(12)18(3,4)5)16(21)11-22-17-9-7-6-8-15(17)19/h6-10H,11H2,1-5H3. The Morgan fingerprint density at radius 1 is 1.23 bits per heavy atom. The van der Waals surface area contributed by atoms with Crippen LogP contribution in [0, 0.1) is 13.8 Å². The van der Waals surface area contributed by atoms with Crippen LogP contribution < -0.4 is 4.74 Å². The number of nitrogens with zero attached hydrogens (tertiary/aromatic N) is 1. The summed E-state index contributed by atoms with van der Waals surface area (Å²) in [6.07, 6.45) is 0. The van der Waals surface area contributed by atoms with Gasteiger partial charge < -0.3 is 9.30 Å². The first-order valence-corrected chi connectivity index (χ1v) is 7.69. The average molecular weight is 320 g/mol. The van der Waals surface area contributed by atoms with Crippen LogP contribution in [0.2, 0.25) is 5.02 Å². The second-order valence-electron chi connectivity index (χ2n) is 6.43. The number of para-hydroxylation sites is 1. The van der Waals surface area contributed by atoms with Crippen molar-refractivity contribution in [2.24, 2.45) is 0 Å². The summed E-state index contributed by atoms with van der Waals surface area (Å²) in [6, 6.07) is 9.09. The molecule has 118 valence electrons. The van der Waals surface area contributed by atoms with Crippen molar-refractivity contribution < 1.29 is 9.53 Å². The predicted molar refractivity (Wildman–Crippen MR) is 90.2 cm³/mol. The molecule has 0 bridgehead atoms. The highest BCUT2D eigenvalue weighted by atomic mass is 35.5. The summed E-state index contributed by atoms with van der Waals surface area (Å²) in [6.45, 7) is 10.4. The number of benzene rings is 1. The molecule has 0 fully saturated rings. The molecular weight excluding hydrogens is 298 g/mol. The van der Waals surface area contributed by atoms with E-state index in [0.29, 0.717) is 16.3 Å². The fraction of sp³-hybridized carbons (Fsp3) is 0.389. The maximum atomic E-state index is 12.5. The van der Waals surface area contributed by atoms with Crippen molar-refractivity contribution in [3.05, 3.63) is 52.3 Å². The third kappa shape index (κ3) is 3.36. The van der Waals surface area contributed by atoms with E-state index >= 15 is 0 Å². The van der Waals surface area contributed by atoms with Gasteiger partial charge in [-0.2, -0.15) is 0 Å². The van der Waals surface area contributed by atoms with Crippen molar-refractivity contribution in [3.63, 3.8) is 0 Å². The zero-order chi connectivity index (χ0) is 16.5. The van der Waals surface area contributed by atoms with Crippen molar-refractivity contribution in [1.29, 1.82) is 0 Å². The lowest BCUT2D eigenvalue weighted by atomic mass is 10.1. The molecule has 0 aliphatic carbocycles. The van der Waals surface area contributed by atoms with E-state index in [-0.39, 0.29) is 17.9 Å².